The molecule has 1 unspecified atom stereocenters. The normalized spacial score (nSPS) is 17.3. The van der Waals surface area contributed by atoms with Gasteiger partial charge >= 0.3 is 0 Å². The molecule has 1 N–H and O–H groups in total. The zero-order chi connectivity index (χ0) is 13.9. The van der Waals surface area contributed by atoms with Gasteiger partial charge in [-0.1, -0.05) is 25.1 Å². The van der Waals surface area contributed by atoms with Crippen LogP contribution in [0.25, 0.3) is 0 Å². The predicted molar refractivity (Wildman–Crippen MR) is 83.4 cm³/mol. The van der Waals surface area contributed by atoms with Crippen LogP contribution in [0.15, 0.2) is 42.7 Å². The first-order valence-electron chi connectivity index (χ1n) is 7.32. The van der Waals surface area contributed by atoms with Crippen molar-refractivity contribution in [2.45, 2.75) is 32.9 Å². The summed E-state index contributed by atoms with van der Waals surface area (Å²) < 4.78 is 0. The summed E-state index contributed by atoms with van der Waals surface area (Å²) in [7, 11) is 0. The van der Waals surface area contributed by atoms with Gasteiger partial charge in [-0.25, -0.2) is 0 Å². The van der Waals surface area contributed by atoms with Gasteiger partial charge in [0.2, 0.25) is 0 Å². The summed E-state index contributed by atoms with van der Waals surface area (Å²) in [5, 5.41) is 3.41. The van der Waals surface area contributed by atoms with Crippen molar-refractivity contribution in [2.24, 2.45) is 0 Å². The second-order valence-electron chi connectivity index (χ2n) is 5.34. The maximum atomic E-state index is 4.34. The van der Waals surface area contributed by atoms with E-state index in [-0.39, 0.29) is 0 Å². The van der Waals surface area contributed by atoms with Crippen molar-refractivity contribution in [3.8, 4) is 0 Å². The molecule has 3 nitrogen and oxygen atoms in total. The number of pyridine rings is 1. The van der Waals surface area contributed by atoms with Gasteiger partial charge in [0.15, 0.2) is 0 Å². The smallest absolute Gasteiger partial charge is 0.0645 e. The number of hydrogen-bond donors (Lipinski definition) is 1. The van der Waals surface area contributed by atoms with Crippen molar-refractivity contribution in [3.05, 3.63) is 53.9 Å². The van der Waals surface area contributed by atoms with Crippen LogP contribution < -0.4 is 10.2 Å². The first-order valence-corrected chi connectivity index (χ1v) is 7.32. The average Bonchev–Trinajstić information content (AvgIpc) is 2.81. The number of fused-ring (bicyclic) bond motifs is 1. The lowest BCUT2D eigenvalue weighted by Gasteiger charge is -2.27. The van der Waals surface area contributed by atoms with Crippen LogP contribution >= 0.6 is 0 Å². The van der Waals surface area contributed by atoms with Gasteiger partial charge in [-0.3, -0.25) is 4.98 Å². The van der Waals surface area contributed by atoms with Gasteiger partial charge in [0, 0.05) is 24.5 Å². The second kappa shape index (κ2) is 5.63. The number of rotatable bonds is 4. The number of nitrogens with one attached hydrogen (secondary N) is 1. The Labute approximate surface area is 120 Å². The minimum absolute atomic E-state index is 0.483. The third-order valence-electron chi connectivity index (χ3n) is 3.92. The molecule has 2 aromatic rings. The van der Waals surface area contributed by atoms with Crippen molar-refractivity contribution >= 4 is 11.4 Å². The zero-order valence-electron chi connectivity index (χ0n) is 12.1. The molecule has 1 aliphatic heterocycles. The van der Waals surface area contributed by atoms with Crippen LogP contribution in [-0.4, -0.2) is 17.6 Å². The maximum Gasteiger partial charge on any atom is 0.0645 e. The van der Waals surface area contributed by atoms with Crippen LogP contribution in [0.2, 0.25) is 0 Å². The fraction of sp³-hybridized carbons (Fsp3) is 0.353. The average molecular weight is 267 g/mol. The SMILES string of the molecule is CCNCc1ccncc1N1c2ccccc2CC1C. The Hall–Kier alpha value is -1.87. The van der Waals surface area contributed by atoms with E-state index in [1.807, 2.05) is 12.4 Å². The van der Waals surface area contributed by atoms with E-state index in [4.69, 9.17) is 0 Å². The van der Waals surface area contributed by atoms with Gasteiger partial charge < -0.3 is 10.2 Å². The molecule has 1 aromatic carbocycles. The maximum absolute atomic E-state index is 4.34. The molecular weight excluding hydrogens is 246 g/mol. The van der Waals surface area contributed by atoms with E-state index in [0.29, 0.717) is 6.04 Å². The quantitative estimate of drug-likeness (QED) is 0.921. The lowest BCUT2D eigenvalue weighted by molar-refractivity contribution is 0.712. The number of hydrogen-bond acceptors (Lipinski definition) is 3. The van der Waals surface area contributed by atoms with Gasteiger partial charge in [-0.05, 0) is 43.1 Å². The summed E-state index contributed by atoms with van der Waals surface area (Å²) in [4.78, 5) is 6.76. The Kier molecular flexibility index (Phi) is 3.70. The third-order valence-corrected chi connectivity index (χ3v) is 3.92. The molecule has 104 valence electrons. The van der Waals surface area contributed by atoms with E-state index in [2.05, 4.69) is 59.4 Å². The van der Waals surface area contributed by atoms with Crippen LogP contribution in [-0.2, 0) is 13.0 Å². The van der Waals surface area contributed by atoms with Crippen molar-refractivity contribution < 1.29 is 0 Å². The molecule has 0 saturated carbocycles. The molecule has 0 saturated heterocycles. The molecule has 1 atom stereocenters. The Morgan fingerprint density at radius 1 is 1.25 bits per heavy atom. The van der Waals surface area contributed by atoms with E-state index in [1.165, 1.54) is 22.5 Å². The molecule has 0 bridgehead atoms. The number of nitrogens with zero attached hydrogens (tertiary/aromatic N) is 2. The van der Waals surface area contributed by atoms with Crippen molar-refractivity contribution in [3.63, 3.8) is 0 Å². The Bertz CT molecular complexity index is 594. The summed E-state index contributed by atoms with van der Waals surface area (Å²) in [6, 6.07) is 11.3. The van der Waals surface area contributed by atoms with Crippen LogP contribution in [0.1, 0.15) is 25.0 Å². The molecular formula is C17H21N3. The van der Waals surface area contributed by atoms with Gasteiger partial charge in [-0.15, -0.1) is 0 Å². The number of benzene rings is 1. The Balaban J connectivity index is 2.01. The second-order valence-corrected chi connectivity index (χ2v) is 5.34. The highest BCUT2D eigenvalue weighted by atomic mass is 15.2. The van der Waals surface area contributed by atoms with Crippen LogP contribution in [0.5, 0.6) is 0 Å². The number of aromatic nitrogens is 1. The third kappa shape index (κ3) is 2.29. The summed E-state index contributed by atoms with van der Waals surface area (Å²) >= 11 is 0. The van der Waals surface area contributed by atoms with E-state index in [9.17, 15) is 0 Å². The van der Waals surface area contributed by atoms with Gasteiger partial charge in [0.1, 0.15) is 0 Å². The monoisotopic (exact) mass is 267 g/mol. The summed E-state index contributed by atoms with van der Waals surface area (Å²) in [6.45, 7) is 6.28. The molecule has 0 fully saturated rings. The molecule has 0 aliphatic carbocycles. The van der Waals surface area contributed by atoms with E-state index in [1.54, 1.807) is 0 Å². The molecule has 20 heavy (non-hydrogen) atoms. The highest BCUT2D eigenvalue weighted by Gasteiger charge is 2.28. The van der Waals surface area contributed by atoms with Gasteiger partial charge in [0.25, 0.3) is 0 Å². The first kappa shape index (κ1) is 13.1. The van der Waals surface area contributed by atoms with Crippen molar-refractivity contribution in [1.29, 1.82) is 0 Å². The summed E-state index contributed by atoms with van der Waals surface area (Å²) in [5.74, 6) is 0. The Morgan fingerprint density at radius 2 is 2.10 bits per heavy atom. The minimum atomic E-state index is 0.483. The van der Waals surface area contributed by atoms with Crippen molar-refractivity contribution in [1.82, 2.24) is 10.3 Å². The molecule has 0 amide bonds. The zero-order valence-corrected chi connectivity index (χ0v) is 12.1. The fourth-order valence-corrected chi connectivity index (χ4v) is 2.97. The Morgan fingerprint density at radius 3 is 2.95 bits per heavy atom. The fourth-order valence-electron chi connectivity index (χ4n) is 2.97. The summed E-state index contributed by atoms with van der Waals surface area (Å²) in [6.07, 6.45) is 4.97. The molecule has 3 rings (SSSR count). The van der Waals surface area contributed by atoms with Gasteiger partial charge in [-0.2, -0.15) is 0 Å². The lowest BCUT2D eigenvalue weighted by Crippen LogP contribution is -2.26. The van der Waals surface area contributed by atoms with E-state index >= 15 is 0 Å². The van der Waals surface area contributed by atoms with Gasteiger partial charge in [0.05, 0.1) is 11.9 Å². The lowest BCUT2D eigenvalue weighted by atomic mass is 10.1. The number of anilines is 2. The molecule has 2 heterocycles. The minimum Gasteiger partial charge on any atom is -0.337 e. The molecule has 0 spiro atoms. The molecule has 3 heteroatoms. The molecule has 1 aromatic heterocycles. The number of para-hydroxylation sites is 1. The highest BCUT2D eigenvalue weighted by Crippen LogP contribution is 2.39. The van der Waals surface area contributed by atoms with Crippen LogP contribution in [0, 0.1) is 0 Å². The van der Waals surface area contributed by atoms with Crippen LogP contribution in [0.4, 0.5) is 11.4 Å². The molecule has 1 aliphatic rings. The topological polar surface area (TPSA) is 28.2 Å². The van der Waals surface area contributed by atoms with E-state index in [0.717, 1.165) is 19.5 Å². The summed E-state index contributed by atoms with van der Waals surface area (Å²) in [5.41, 5.74) is 5.29. The highest BCUT2D eigenvalue weighted by molar-refractivity contribution is 5.72. The van der Waals surface area contributed by atoms with E-state index < -0.39 is 0 Å². The molecule has 0 radical (unpaired) electrons. The van der Waals surface area contributed by atoms with Crippen molar-refractivity contribution in [2.75, 3.05) is 11.4 Å². The first-order chi connectivity index (χ1) is 9.81. The standard InChI is InChI=1S/C17H21N3/c1-3-18-11-15-8-9-19-12-17(15)20-13(2)10-14-6-4-5-7-16(14)20/h4-9,12-13,18H,3,10-11H2,1-2H3. The predicted octanol–water partition coefficient (Wildman–Crippen LogP) is 3.27. The largest absolute Gasteiger partial charge is 0.337 e. The van der Waals surface area contributed by atoms with Crippen LogP contribution in [0.3, 0.4) is 0 Å².